The minimum absolute atomic E-state index is 0.00791. The van der Waals surface area contributed by atoms with E-state index in [-0.39, 0.29) is 18.0 Å². The molecule has 0 saturated carbocycles. The van der Waals surface area contributed by atoms with E-state index in [1.807, 2.05) is 11.0 Å². The molecule has 4 nitrogen and oxygen atoms in total. The third kappa shape index (κ3) is 4.05. The third-order valence-electron chi connectivity index (χ3n) is 6.14. The molecule has 2 aliphatic heterocycles. The van der Waals surface area contributed by atoms with Crippen molar-refractivity contribution in [2.24, 2.45) is 0 Å². The first-order valence-electron chi connectivity index (χ1n) is 9.91. The van der Waals surface area contributed by atoms with Gasteiger partial charge in [-0.25, -0.2) is 8.42 Å². The number of hydrogen-bond donors (Lipinski definition) is 0. The molecule has 2 fully saturated rings. The standard InChI is InChI=1S/C22H23Cl2NO3S/c23-20-7-4-8-21(24)19(20)11-12-22(26)25-15-9-10-16(25)14-18(13-15)29(27,28)17-5-2-1-3-6-17/h1-8,15-16,18H,9-14H2. The summed E-state index contributed by atoms with van der Waals surface area (Å²) in [5.74, 6) is 0.0593. The van der Waals surface area contributed by atoms with Crippen molar-refractivity contribution in [1.29, 1.82) is 0 Å². The lowest BCUT2D eigenvalue weighted by molar-refractivity contribution is -0.135. The molecule has 1 amide bonds. The molecule has 2 aromatic carbocycles. The number of amides is 1. The quantitative estimate of drug-likeness (QED) is 0.647. The second kappa shape index (κ2) is 8.29. The van der Waals surface area contributed by atoms with Crippen molar-refractivity contribution in [3.05, 3.63) is 64.1 Å². The molecule has 2 bridgehead atoms. The minimum Gasteiger partial charge on any atom is -0.337 e. The van der Waals surface area contributed by atoms with Gasteiger partial charge in [0, 0.05) is 28.5 Å². The van der Waals surface area contributed by atoms with Crippen LogP contribution in [0, 0.1) is 0 Å². The average Bonchev–Trinajstić information content (AvgIpc) is 2.97. The predicted molar refractivity (Wildman–Crippen MR) is 115 cm³/mol. The van der Waals surface area contributed by atoms with Gasteiger partial charge in [-0.3, -0.25) is 4.79 Å². The van der Waals surface area contributed by atoms with Gasteiger partial charge >= 0.3 is 0 Å². The number of rotatable bonds is 5. The van der Waals surface area contributed by atoms with Crippen LogP contribution < -0.4 is 0 Å². The number of hydrogen-bond acceptors (Lipinski definition) is 3. The van der Waals surface area contributed by atoms with Gasteiger partial charge in [-0.2, -0.15) is 0 Å². The third-order valence-corrected chi connectivity index (χ3v) is 9.04. The van der Waals surface area contributed by atoms with Crippen molar-refractivity contribution in [1.82, 2.24) is 4.90 Å². The van der Waals surface area contributed by atoms with E-state index in [1.165, 1.54) is 0 Å². The number of carbonyl (C=O) groups is 1. The van der Waals surface area contributed by atoms with Gasteiger partial charge in [0.15, 0.2) is 9.84 Å². The fraction of sp³-hybridized carbons (Fsp3) is 0.409. The van der Waals surface area contributed by atoms with Gasteiger partial charge in [-0.15, -0.1) is 0 Å². The molecule has 0 N–H and O–H groups in total. The van der Waals surface area contributed by atoms with Crippen molar-refractivity contribution in [2.45, 2.75) is 60.8 Å². The number of nitrogens with zero attached hydrogens (tertiary/aromatic N) is 1. The van der Waals surface area contributed by atoms with Crippen molar-refractivity contribution in [2.75, 3.05) is 0 Å². The van der Waals surface area contributed by atoms with E-state index in [2.05, 4.69) is 0 Å². The van der Waals surface area contributed by atoms with E-state index in [0.717, 1.165) is 18.4 Å². The van der Waals surface area contributed by atoms with Crippen LogP contribution in [0.3, 0.4) is 0 Å². The number of piperidine rings is 1. The highest BCUT2D eigenvalue weighted by atomic mass is 35.5. The van der Waals surface area contributed by atoms with Crippen LogP contribution >= 0.6 is 23.2 Å². The molecule has 0 aliphatic carbocycles. The SMILES string of the molecule is O=C(CCc1c(Cl)cccc1Cl)N1C2CCC1CC(S(=O)(=O)c1ccccc1)C2. The summed E-state index contributed by atoms with van der Waals surface area (Å²) in [6.07, 6.45) is 3.55. The maximum Gasteiger partial charge on any atom is 0.223 e. The largest absolute Gasteiger partial charge is 0.337 e. The molecule has 7 heteroatoms. The van der Waals surface area contributed by atoms with E-state index in [4.69, 9.17) is 23.2 Å². The van der Waals surface area contributed by atoms with Gasteiger partial charge in [0.1, 0.15) is 0 Å². The maximum absolute atomic E-state index is 13.0. The molecular formula is C22H23Cl2NO3S. The minimum atomic E-state index is -3.38. The Balaban J connectivity index is 1.45. The van der Waals surface area contributed by atoms with Gasteiger partial charge in [0.25, 0.3) is 0 Å². The summed E-state index contributed by atoms with van der Waals surface area (Å²) in [4.78, 5) is 15.3. The molecule has 4 rings (SSSR count). The van der Waals surface area contributed by atoms with E-state index in [0.29, 0.717) is 40.6 Å². The second-order valence-electron chi connectivity index (χ2n) is 7.84. The van der Waals surface area contributed by atoms with Crippen LogP contribution in [0.15, 0.2) is 53.4 Å². The van der Waals surface area contributed by atoms with Crippen molar-refractivity contribution in [3.63, 3.8) is 0 Å². The summed E-state index contributed by atoms with van der Waals surface area (Å²) in [5.41, 5.74) is 0.790. The molecule has 154 valence electrons. The average molecular weight is 452 g/mol. The fourth-order valence-electron chi connectivity index (χ4n) is 4.72. The zero-order valence-electron chi connectivity index (χ0n) is 15.9. The summed E-state index contributed by atoms with van der Waals surface area (Å²) >= 11 is 12.4. The van der Waals surface area contributed by atoms with Crippen molar-refractivity contribution >= 4 is 38.9 Å². The van der Waals surface area contributed by atoms with E-state index >= 15 is 0 Å². The van der Waals surface area contributed by atoms with Crippen LogP contribution in [0.2, 0.25) is 10.0 Å². The monoisotopic (exact) mass is 451 g/mol. The summed E-state index contributed by atoms with van der Waals surface area (Å²) in [6, 6.07) is 13.9. The van der Waals surface area contributed by atoms with Gasteiger partial charge in [0.05, 0.1) is 10.1 Å². The Labute approximate surface area is 181 Å². The lowest BCUT2D eigenvalue weighted by Gasteiger charge is -2.38. The smallest absolute Gasteiger partial charge is 0.223 e. The van der Waals surface area contributed by atoms with Crippen LogP contribution in [0.4, 0.5) is 0 Å². The highest BCUT2D eigenvalue weighted by Crippen LogP contribution is 2.40. The molecule has 2 aliphatic rings. The Morgan fingerprint density at radius 3 is 2.10 bits per heavy atom. The number of fused-ring (bicyclic) bond motifs is 2. The summed E-state index contributed by atoms with van der Waals surface area (Å²) in [7, 11) is -3.38. The Hall–Kier alpha value is -1.56. The summed E-state index contributed by atoms with van der Waals surface area (Å²) < 4.78 is 26.1. The van der Waals surface area contributed by atoms with Gasteiger partial charge in [0.2, 0.25) is 5.91 Å². The van der Waals surface area contributed by atoms with Crippen LogP contribution in [-0.2, 0) is 21.1 Å². The lowest BCUT2D eigenvalue weighted by Crippen LogP contribution is -2.49. The molecular weight excluding hydrogens is 429 g/mol. The first-order chi connectivity index (χ1) is 13.9. The fourth-order valence-corrected chi connectivity index (χ4v) is 7.18. The highest BCUT2D eigenvalue weighted by Gasteiger charge is 2.46. The summed E-state index contributed by atoms with van der Waals surface area (Å²) in [5, 5.41) is 0.714. The van der Waals surface area contributed by atoms with Gasteiger partial charge in [-0.1, -0.05) is 47.5 Å². The molecule has 29 heavy (non-hydrogen) atoms. The zero-order chi connectivity index (χ0) is 20.6. The highest BCUT2D eigenvalue weighted by molar-refractivity contribution is 7.92. The molecule has 0 spiro atoms. The Morgan fingerprint density at radius 2 is 1.52 bits per heavy atom. The van der Waals surface area contributed by atoms with Gasteiger partial charge < -0.3 is 4.90 Å². The molecule has 2 aromatic rings. The molecule has 2 atom stereocenters. The van der Waals surface area contributed by atoms with Crippen LogP contribution in [0.1, 0.15) is 37.7 Å². The first-order valence-corrected chi connectivity index (χ1v) is 12.2. The van der Waals surface area contributed by atoms with E-state index in [9.17, 15) is 13.2 Å². The molecule has 2 unspecified atom stereocenters. The number of carbonyl (C=O) groups excluding carboxylic acids is 1. The maximum atomic E-state index is 13.0. The normalized spacial score (nSPS) is 23.9. The zero-order valence-corrected chi connectivity index (χ0v) is 18.3. The molecule has 0 aromatic heterocycles. The second-order valence-corrected chi connectivity index (χ2v) is 10.9. The van der Waals surface area contributed by atoms with Crippen molar-refractivity contribution in [3.8, 4) is 0 Å². The van der Waals surface area contributed by atoms with E-state index in [1.54, 1.807) is 42.5 Å². The Kier molecular flexibility index (Phi) is 5.92. The number of benzene rings is 2. The number of halogens is 2. The van der Waals surface area contributed by atoms with Crippen LogP contribution in [0.25, 0.3) is 0 Å². The summed E-state index contributed by atoms with van der Waals surface area (Å²) in [6.45, 7) is 0. The number of sulfone groups is 1. The Morgan fingerprint density at radius 1 is 0.931 bits per heavy atom. The van der Waals surface area contributed by atoms with Crippen molar-refractivity contribution < 1.29 is 13.2 Å². The first kappa shape index (κ1) is 20.7. The lowest BCUT2D eigenvalue weighted by atomic mass is 10.0. The topological polar surface area (TPSA) is 54.5 Å². The molecule has 2 saturated heterocycles. The van der Waals surface area contributed by atoms with Gasteiger partial charge in [-0.05, 0) is 61.9 Å². The van der Waals surface area contributed by atoms with Crippen LogP contribution in [-0.4, -0.2) is 36.6 Å². The van der Waals surface area contributed by atoms with E-state index < -0.39 is 15.1 Å². The molecule has 0 radical (unpaired) electrons. The predicted octanol–water partition coefficient (Wildman–Crippen LogP) is 4.92. The van der Waals surface area contributed by atoms with Crippen LogP contribution in [0.5, 0.6) is 0 Å². The Bertz CT molecular complexity index is 976. The molecule has 2 heterocycles.